The molecule has 1 fully saturated rings. The second-order valence-electron chi connectivity index (χ2n) is 5.46. The van der Waals surface area contributed by atoms with Gasteiger partial charge in [0, 0.05) is 18.8 Å². The summed E-state index contributed by atoms with van der Waals surface area (Å²) in [5.41, 5.74) is 9.74. The summed E-state index contributed by atoms with van der Waals surface area (Å²) < 4.78 is 5.74. The molecule has 1 aromatic rings. The van der Waals surface area contributed by atoms with Crippen LogP contribution < -0.4 is 16.0 Å². The number of benzene rings is 1. The zero-order valence-corrected chi connectivity index (χ0v) is 11.3. The molecule has 1 saturated heterocycles. The summed E-state index contributed by atoms with van der Waals surface area (Å²) in [4.78, 5) is 13.7. The summed E-state index contributed by atoms with van der Waals surface area (Å²) in [5.74, 6) is 0.0373. The van der Waals surface area contributed by atoms with Crippen LogP contribution in [0.4, 0.5) is 17.1 Å². The van der Waals surface area contributed by atoms with Gasteiger partial charge >= 0.3 is 0 Å². The smallest absolute Gasteiger partial charge is 0.228 e. The first-order chi connectivity index (χ1) is 9.02. The van der Waals surface area contributed by atoms with Crippen LogP contribution in [0.25, 0.3) is 0 Å². The normalized spacial score (nSPS) is 26.2. The molecule has 0 radical (unpaired) electrons. The van der Waals surface area contributed by atoms with Crippen LogP contribution in [-0.2, 0) is 16.0 Å². The number of amides is 1. The molecule has 5 nitrogen and oxygen atoms in total. The number of nitrogens with one attached hydrogen (secondary N) is 1. The zero-order valence-electron chi connectivity index (χ0n) is 11.3. The second kappa shape index (κ2) is 4.42. The molecule has 0 bridgehead atoms. The van der Waals surface area contributed by atoms with Crippen molar-refractivity contribution in [2.24, 2.45) is 0 Å². The van der Waals surface area contributed by atoms with Crippen molar-refractivity contribution in [3.63, 3.8) is 0 Å². The first-order valence-corrected chi connectivity index (χ1v) is 6.65. The number of nitrogen functional groups attached to an aromatic ring is 1. The number of rotatable bonds is 1. The lowest BCUT2D eigenvalue weighted by Crippen LogP contribution is -2.45. The molecule has 102 valence electrons. The van der Waals surface area contributed by atoms with E-state index >= 15 is 0 Å². The maximum absolute atomic E-state index is 11.4. The van der Waals surface area contributed by atoms with Crippen molar-refractivity contribution in [1.29, 1.82) is 0 Å². The number of anilines is 3. The van der Waals surface area contributed by atoms with E-state index in [1.165, 1.54) is 0 Å². The summed E-state index contributed by atoms with van der Waals surface area (Å²) in [6.45, 7) is 5.77. The lowest BCUT2D eigenvalue weighted by Gasteiger charge is -2.37. The highest BCUT2D eigenvalue weighted by Gasteiger charge is 2.26. The van der Waals surface area contributed by atoms with Gasteiger partial charge in [-0.1, -0.05) is 0 Å². The maximum Gasteiger partial charge on any atom is 0.228 e. The van der Waals surface area contributed by atoms with Gasteiger partial charge in [0.05, 0.1) is 30.0 Å². The van der Waals surface area contributed by atoms with Gasteiger partial charge in [-0.05, 0) is 31.5 Å². The van der Waals surface area contributed by atoms with Crippen LogP contribution in [0.5, 0.6) is 0 Å². The van der Waals surface area contributed by atoms with Gasteiger partial charge in [0.1, 0.15) is 0 Å². The van der Waals surface area contributed by atoms with E-state index in [9.17, 15) is 4.79 Å². The average molecular weight is 261 g/mol. The Hall–Kier alpha value is -1.75. The molecule has 2 heterocycles. The Morgan fingerprint density at radius 1 is 1.32 bits per heavy atom. The monoisotopic (exact) mass is 261 g/mol. The zero-order chi connectivity index (χ0) is 13.6. The minimum Gasteiger partial charge on any atom is -0.397 e. The molecular weight excluding hydrogens is 242 g/mol. The quantitative estimate of drug-likeness (QED) is 0.749. The molecule has 0 saturated carbocycles. The Morgan fingerprint density at radius 2 is 2.00 bits per heavy atom. The van der Waals surface area contributed by atoms with E-state index in [-0.39, 0.29) is 18.1 Å². The van der Waals surface area contributed by atoms with E-state index in [0.717, 1.165) is 35.7 Å². The standard InChI is InChI=1S/C14H19N3O2/c1-8-6-17(7-9(2)19-8)13-5-12-10(3-11(13)15)4-14(18)16-12/h3,5,8-9H,4,6-7,15H2,1-2H3,(H,16,18)/t8-,9+. The van der Waals surface area contributed by atoms with Crippen LogP contribution in [0.3, 0.4) is 0 Å². The molecular formula is C14H19N3O2. The van der Waals surface area contributed by atoms with Crippen molar-refractivity contribution >= 4 is 23.0 Å². The molecule has 0 aromatic heterocycles. The number of carbonyl (C=O) groups excluding carboxylic acids is 1. The van der Waals surface area contributed by atoms with Gasteiger partial charge in [0.25, 0.3) is 0 Å². The fourth-order valence-electron chi connectivity index (χ4n) is 2.93. The van der Waals surface area contributed by atoms with Gasteiger partial charge in [-0.15, -0.1) is 0 Å². The van der Waals surface area contributed by atoms with Crippen LogP contribution >= 0.6 is 0 Å². The molecule has 1 amide bonds. The summed E-state index contributed by atoms with van der Waals surface area (Å²) in [6.07, 6.45) is 0.799. The molecule has 5 heteroatoms. The van der Waals surface area contributed by atoms with Gasteiger partial charge < -0.3 is 20.7 Å². The molecule has 3 N–H and O–H groups in total. The molecule has 2 aliphatic heterocycles. The number of carbonyl (C=O) groups is 1. The van der Waals surface area contributed by atoms with E-state index in [2.05, 4.69) is 24.1 Å². The average Bonchev–Trinajstić information content (AvgIpc) is 2.65. The van der Waals surface area contributed by atoms with E-state index in [0.29, 0.717) is 6.42 Å². The van der Waals surface area contributed by atoms with Gasteiger partial charge in [-0.3, -0.25) is 4.79 Å². The van der Waals surface area contributed by atoms with Crippen molar-refractivity contribution in [3.8, 4) is 0 Å². The topological polar surface area (TPSA) is 67.6 Å². The Labute approximate surface area is 112 Å². The van der Waals surface area contributed by atoms with E-state index < -0.39 is 0 Å². The largest absolute Gasteiger partial charge is 0.397 e. The van der Waals surface area contributed by atoms with Crippen molar-refractivity contribution in [2.45, 2.75) is 32.5 Å². The summed E-state index contributed by atoms with van der Waals surface area (Å²) in [5, 5.41) is 2.87. The van der Waals surface area contributed by atoms with Crippen LogP contribution in [-0.4, -0.2) is 31.2 Å². The third kappa shape index (κ3) is 2.26. The number of ether oxygens (including phenoxy) is 1. The van der Waals surface area contributed by atoms with E-state index in [1.807, 2.05) is 12.1 Å². The number of nitrogens with two attached hydrogens (primary N) is 1. The lowest BCUT2D eigenvalue weighted by molar-refractivity contribution is -0.115. The molecule has 2 atom stereocenters. The van der Waals surface area contributed by atoms with Gasteiger partial charge in [-0.2, -0.15) is 0 Å². The van der Waals surface area contributed by atoms with Crippen LogP contribution in [0.2, 0.25) is 0 Å². The van der Waals surface area contributed by atoms with Crippen LogP contribution in [0.15, 0.2) is 12.1 Å². The number of fused-ring (bicyclic) bond motifs is 1. The molecule has 3 rings (SSSR count). The third-order valence-electron chi connectivity index (χ3n) is 3.64. The van der Waals surface area contributed by atoms with E-state index in [1.54, 1.807) is 0 Å². The van der Waals surface area contributed by atoms with Crippen molar-refractivity contribution in [1.82, 2.24) is 0 Å². The fourth-order valence-corrected chi connectivity index (χ4v) is 2.93. The van der Waals surface area contributed by atoms with E-state index in [4.69, 9.17) is 10.5 Å². The highest BCUT2D eigenvalue weighted by molar-refractivity contribution is 6.00. The van der Waals surface area contributed by atoms with Crippen LogP contribution in [0, 0.1) is 0 Å². The predicted octanol–water partition coefficient (Wildman–Crippen LogP) is 1.38. The molecule has 2 aliphatic rings. The third-order valence-corrected chi connectivity index (χ3v) is 3.64. The van der Waals surface area contributed by atoms with Crippen molar-refractivity contribution < 1.29 is 9.53 Å². The maximum atomic E-state index is 11.4. The second-order valence-corrected chi connectivity index (χ2v) is 5.46. The highest BCUT2D eigenvalue weighted by Crippen LogP contribution is 2.34. The molecule has 0 spiro atoms. The van der Waals surface area contributed by atoms with Gasteiger partial charge in [0.2, 0.25) is 5.91 Å². The Bertz CT molecular complexity index is 520. The number of hydrogen-bond donors (Lipinski definition) is 2. The number of morpholine rings is 1. The summed E-state index contributed by atoms with van der Waals surface area (Å²) in [7, 11) is 0. The molecule has 19 heavy (non-hydrogen) atoms. The minimum atomic E-state index is 0.0373. The van der Waals surface area contributed by atoms with Gasteiger partial charge in [-0.25, -0.2) is 0 Å². The first kappa shape index (κ1) is 12.3. The SMILES string of the molecule is C[C@@H]1CN(c2cc3c(cc2N)CC(=O)N3)C[C@H](C)O1. The fraction of sp³-hybridized carbons (Fsp3) is 0.500. The molecule has 1 aromatic carbocycles. The highest BCUT2D eigenvalue weighted by atomic mass is 16.5. The number of nitrogens with zero attached hydrogens (tertiary/aromatic N) is 1. The predicted molar refractivity (Wildman–Crippen MR) is 75.4 cm³/mol. The Balaban J connectivity index is 1.93. The number of hydrogen-bond acceptors (Lipinski definition) is 4. The van der Waals surface area contributed by atoms with Crippen molar-refractivity contribution in [3.05, 3.63) is 17.7 Å². The summed E-state index contributed by atoms with van der Waals surface area (Å²) >= 11 is 0. The molecule has 0 unspecified atom stereocenters. The Morgan fingerprint density at radius 3 is 2.68 bits per heavy atom. The molecule has 0 aliphatic carbocycles. The van der Waals surface area contributed by atoms with Crippen LogP contribution in [0.1, 0.15) is 19.4 Å². The Kier molecular flexibility index (Phi) is 2.86. The van der Waals surface area contributed by atoms with Gasteiger partial charge in [0.15, 0.2) is 0 Å². The minimum absolute atomic E-state index is 0.0373. The van der Waals surface area contributed by atoms with Crippen molar-refractivity contribution in [2.75, 3.05) is 29.0 Å². The first-order valence-electron chi connectivity index (χ1n) is 6.65. The summed E-state index contributed by atoms with van der Waals surface area (Å²) in [6, 6.07) is 3.90. The lowest BCUT2D eigenvalue weighted by atomic mass is 10.1.